The second kappa shape index (κ2) is 10.1. The minimum Gasteiger partial charge on any atom is -0.493 e. The Balaban J connectivity index is 1.98. The third-order valence-corrected chi connectivity index (χ3v) is 5.78. The minimum absolute atomic E-state index is 0.0590. The molecule has 0 saturated carbocycles. The highest BCUT2D eigenvalue weighted by Crippen LogP contribution is 2.29. The summed E-state index contributed by atoms with van der Waals surface area (Å²) in [4.78, 5) is 12.4. The summed E-state index contributed by atoms with van der Waals surface area (Å²) in [5, 5.41) is 2.71. The zero-order valence-corrected chi connectivity index (χ0v) is 18.6. The smallest absolute Gasteiger partial charge is 0.387 e. The highest BCUT2D eigenvalue weighted by atomic mass is 32.2. The normalized spacial score (nSPS) is 12.0. The van der Waals surface area contributed by atoms with E-state index in [0.717, 1.165) is 0 Å². The van der Waals surface area contributed by atoms with Crippen LogP contribution in [-0.4, -0.2) is 40.1 Å². The van der Waals surface area contributed by atoms with Gasteiger partial charge in [0.2, 0.25) is 10.0 Å². The van der Waals surface area contributed by atoms with E-state index in [-0.39, 0.29) is 28.8 Å². The number of halogens is 2. The van der Waals surface area contributed by atoms with E-state index in [1.165, 1.54) is 43.5 Å². The molecule has 0 saturated heterocycles. The van der Waals surface area contributed by atoms with Gasteiger partial charge >= 0.3 is 6.61 Å². The summed E-state index contributed by atoms with van der Waals surface area (Å²) < 4.78 is 61.7. The van der Waals surface area contributed by atoms with Crippen LogP contribution in [0, 0.1) is 0 Å². The van der Waals surface area contributed by atoms with Crippen LogP contribution in [0.4, 0.5) is 8.78 Å². The molecule has 0 heterocycles. The third kappa shape index (κ3) is 7.48. The molecule has 2 N–H and O–H groups in total. The zero-order valence-electron chi connectivity index (χ0n) is 17.7. The first kappa shape index (κ1) is 24.5. The van der Waals surface area contributed by atoms with E-state index < -0.39 is 22.2 Å². The van der Waals surface area contributed by atoms with E-state index in [9.17, 15) is 22.0 Å². The number of alkyl halides is 2. The van der Waals surface area contributed by atoms with E-state index in [1.807, 2.05) is 0 Å². The van der Waals surface area contributed by atoms with Gasteiger partial charge in [0.05, 0.1) is 12.0 Å². The fourth-order valence-corrected chi connectivity index (χ4v) is 4.15. The van der Waals surface area contributed by atoms with Crippen molar-refractivity contribution < 1.29 is 31.5 Å². The topological polar surface area (TPSA) is 93.7 Å². The third-order valence-electron chi connectivity index (χ3n) is 4.01. The van der Waals surface area contributed by atoms with Crippen molar-refractivity contribution in [3.63, 3.8) is 0 Å². The molecule has 0 atom stereocenters. The van der Waals surface area contributed by atoms with Crippen molar-refractivity contribution in [2.45, 2.75) is 44.2 Å². The van der Waals surface area contributed by atoms with Crippen molar-refractivity contribution in [3.8, 4) is 11.5 Å². The first-order valence-corrected chi connectivity index (χ1v) is 10.9. The van der Waals surface area contributed by atoms with E-state index >= 15 is 0 Å². The molecule has 0 aromatic heterocycles. The van der Waals surface area contributed by atoms with Gasteiger partial charge in [-0.15, -0.1) is 0 Å². The zero-order chi connectivity index (χ0) is 23.2. The molecule has 2 rings (SSSR count). The lowest BCUT2D eigenvalue weighted by Crippen LogP contribution is -2.40. The van der Waals surface area contributed by atoms with E-state index in [0.29, 0.717) is 17.5 Å². The van der Waals surface area contributed by atoms with Gasteiger partial charge in [-0.25, -0.2) is 13.1 Å². The van der Waals surface area contributed by atoms with Crippen molar-refractivity contribution in [3.05, 3.63) is 53.6 Å². The molecule has 0 fully saturated rings. The summed E-state index contributed by atoms with van der Waals surface area (Å²) in [7, 11) is -2.34. The molecule has 170 valence electrons. The summed E-state index contributed by atoms with van der Waals surface area (Å²) in [6.45, 7) is 2.47. The molecule has 0 aliphatic carbocycles. The van der Waals surface area contributed by atoms with Crippen molar-refractivity contribution in [2.24, 2.45) is 0 Å². The van der Waals surface area contributed by atoms with Crippen LogP contribution < -0.4 is 19.5 Å². The lowest BCUT2D eigenvalue weighted by molar-refractivity contribution is -0.0512. The van der Waals surface area contributed by atoms with Crippen molar-refractivity contribution in [1.82, 2.24) is 10.0 Å². The Morgan fingerprint density at radius 1 is 1.06 bits per heavy atom. The van der Waals surface area contributed by atoms with Crippen LogP contribution in [-0.2, 0) is 16.4 Å². The number of benzene rings is 2. The van der Waals surface area contributed by atoms with Crippen LogP contribution in [0.5, 0.6) is 11.5 Å². The van der Waals surface area contributed by atoms with Crippen molar-refractivity contribution in [1.29, 1.82) is 0 Å². The SMILES string of the molecule is COc1ccc(CCNC(=O)c2ccc(S(=O)(=O)NC(C)(C)C)cc2)cc1OC(F)F. The summed E-state index contributed by atoms with van der Waals surface area (Å²) in [5.41, 5.74) is 0.342. The Morgan fingerprint density at radius 3 is 2.26 bits per heavy atom. The van der Waals surface area contributed by atoms with Crippen LogP contribution in [0.1, 0.15) is 36.7 Å². The van der Waals surface area contributed by atoms with Gasteiger partial charge in [0.1, 0.15) is 0 Å². The van der Waals surface area contributed by atoms with Crippen LogP contribution >= 0.6 is 0 Å². The number of hydrogen-bond acceptors (Lipinski definition) is 5. The second-order valence-electron chi connectivity index (χ2n) is 7.75. The predicted molar refractivity (Wildman–Crippen MR) is 112 cm³/mol. The Morgan fingerprint density at radius 2 is 1.71 bits per heavy atom. The second-order valence-corrected chi connectivity index (χ2v) is 9.43. The predicted octanol–water partition coefficient (Wildman–Crippen LogP) is 3.35. The first-order chi connectivity index (χ1) is 14.4. The van der Waals surface area contributed by atoms with Crippen molar-refractivity contribution in [2.75, 3.05) is 13.7 Å². The van der Waals surface area contributed by atoms with Gasteiger partial charge in [-0.1, -0.05) is 6.07 Å². The fourth-order valence-electron chi connectivity index (χ4n) is 2.73. The standard InChI is InChI=1S/C21H26F2N2O5S/c1-21(2,3)25-31(27,28)16-8-6-15(7-9-16)19(26)24-12-11-14-5-10-17(29-4)18(13-14)30-20(22)23/h5-10,13,20,25H,11-12H2,1-4H3,(H,24,26). The molecule has 10 heteroatoms. The maximum atomic E-state index is 12.5. The summed E-state index contributed by atoms with van der Waals surface area (Å²) in [5.74, 6) is -0.281. The van der Waals surface area contributed by atoms with Gasteiger partial charge in [-0.05, 0) is 69.2 Å². The molecular formula is C21H26F2N2O5S. The lowest BCUT2D eigenvalue weighted by atomic mass is 10.1. The number of methoxy groups -OCH3 is 1. The van der Waals surface area contributed by atoms with Crippen LogP contribution in [0.15, 0.2) is 47.4 Å². The summed E-state index contributed by atoms with van der Waals surface area (Å²) in [6.07, 6.45) is 0.372. The van der Waals surface area contributed by atoms with E-state index in [2.05, 4.69) is 14.8 Å². The average Bonchev–Trinajstić information content (AvgIpc) is 2.66. The van der Waals surface area contributed by atoms with Crippen molar-refractivity contribution >= 4 is 15.9 Å². The molecule has 2 aromatic carbocycles. The largest absolute Gasteiger partial charge is 0.493 e. The molecule has 0 aliphatic rings. The molecule has 0 aliphatic heterocycles. The first-order valence-electron chi connectivity index (χ1n) is 9.45. The number of nitrogens with one attached hydrogen (secondary N) is 2. The molecule has 31 heavy (non-hydrogen) atoms. The molecule has 2 aromatic rings. The van der Waals surface area contributed by atoms with Crippen LogP contribution in [0.3, 0.4) is 0 Å². The number of sulfonamides is 1. The molecule has 0 radical (unpaired) electrons. The highest BCUT2D eigenvalue weighted by molar-refractivity contribution is 7.89. The quantitative estimate of drug-likeness (QED) is 0.604. The molecular weight excluding hydrogens is 430 g/mol. The fraction of sp³-hybridized carbons (Fsp3) is 0.381. The monoisotopic (exact) mass is 456 g/mol. The molecule has 0 bridgehead atoms. The summed E-state index contributed by atoms with van der Waals surface area (Å²) >= 11 is 0. The number of amides is 1. The molecule has 0 spiro atoms. The number of rotatable bonds is 9. The maximum absolute atomic E-state index is 12.5. The number of carbonyl (C=O) groups is 1. The number of hydrogen-bond donors (Lipinski definition) is 2. The van der Waals surface area contributed by atoms with Crippen LogP contribution in [0.2, 0.25) is 0 Å². The molecule has 7 nitrogen and oxygen atoms in total. The highest BCUT2D eigenvalue weighted by Gasteiger charge is 2.22. The number of carbonyl (C=O) groups excluding carboxylic acids is 1. The lowest BCUT2D eigenvalue weighted by Gasteiger charge is -2.20. The van der Waals surface area contributed by atoms with Gasteiger partial charge in [0.25, 0.3) is 5.91 Å². The molecule has 0 unspecified atom stereocenters. The van der Waals surface area contributed by atoms with Gasteiger partial charge in [-0.3, -0.25) is 4.79 Å². The van der Waals surface area contributed by atoms with Gasteiger partial charge in [0.15, 0.2) is 11.5 Å². The van der Waals surface area contributed by atoms with Crippen LogP contribution in [0.25, 0.3) is 0 Å². The summed E-state index contributed by atoms with van der Waals surface area (Å²) in [6, 6.07) is 10.2. The Labute approximate surface area is 180 Å². The average molecular weight is 457 g/mol. The minimum atomic E-state index is -3.69. The molecule has 1 amide bonds. The van der Waals surface area contributed by atoms with Gasteiger partial charge in [0, 0.05) is 17.6 Å². The number of ether oxygens (including phenoxy) is 2. The van der Waals surface area contributed by atoms with Gasteiger partial charge < -0.3 is 14.8 Å². The van der Waals surface area contributed by atoms with E-state index in [1.54, 1.807) is 26.8 Å². The van der Waals surface area contributed by atoms with Gasteiger partial charge in [-0.2, -0.15) is 8.78 Å². The van der Waals surface area contributed by atoms with E-state index in [4.69, 9.17) is 4.74 Å². The maximum Gasteiger partial charge on any atom is 0.387 e. The Kier molecular flexibility index (Phi) is 7.96. The Bertz CT molecular complexity index is 1000. The Hall–Kier alpha value is -2.72.